The van der Waals surface area contributed by atoms with Crippen molar-refractivity contribution in [1.29, 1.82) is 0 Å². The van der Waals surface area contributed by atoms with Gasteiger partial charge in [-0.05, 0) is 31.2 Å². The lowest BCUT2D eigenvalue weighted by atomic mass is 10.2. The highest BCUT2D eigenvalue weighted by Crippen LogP contribution is 2.15. The molecule has 1 N–H and O–H groups in total. The van der Waals surface area contributed by atoms with Crippen molar-refractivity contribution in [3.63, 3.8) is 0 Å². The third-order valence-corrected chi connectivity index (χ3v) is 2.77. The van der Waals surface area contributed by atoms with Crippen molar-refractivity contribution in [1.82, 2.24) is 4.98 Å². The number of carbonyl (C=O) groups is 1. The Morgan fingerprint density at radius 2 is 2.11 bits per heavy atom. The number of aromatic nitrogens is 1. The van der Waals surface area contributed by atoms with E-state index < -0.39 is 0 Å². The maximum Gasteiger partial charge on any atom is 0.257 e. The van der Waals surface area contributed by atoms with Crippen LogP contribution < -0.4 is 10.1 Å². The number of thiazole rings is 1. The normalized spacial score (nSPS) is 9.39. The van der Waals surface area contributed by atoms with Crippen LogP contribution in [0.4, 0.5) is 5.13 Å². The zero-order chi connectivity index (χ0) is 12.1. The Kier molecular flexibility index (Phi) is 5.61. The van der Waals surface area contributed by atoms with E-state index in [2.05, 4.69) is 10.3 Å². The van der Waals surface area contributed by atoms with E-state index in [-0.39, 0.29) is 18.3 Å². The van der Waals surface area contributed by atoms with Gasteiger partial charge in [0.25, 0.3) is 5.91 Å². The van der Waals surface area contributed by atoms with Crippen molar-refractivity contribution < 1.29 is 9.53 Å². The van der Waals surface area contributed by atoms with Crippen molar-refractivity contribution in [2.75, 3.05) is 11.9 Å². The topological polar surface area (TPSA) is 51.2 Å². The van der Waals surface area contributed by atoms with Crippen LogP contribution in [0, 0.1) is 0 Å². The molecule has 0 bridgehead atoms. The van der Waals surface area contributed by atoms with Crippen LogP contribution in [0.5, 0.6) is 5.75 Å². The van der Waals surface area contributed by atoms with Gasteiger partial charge in [-0.3, -0.25) is 10.1 Å². The van der Waals surface area contributed by atoms with E-state index in [1.54, 1.807) is 30.5 Å². The van der Waals surface area contributed by atoms with Crippen molar-refractivity contribution in [2.45, 2.75) is 6.92 Å². The molecule has 0 radical (unpaired) electrons. The number of nitrogens with one attached hydrogen (secondary N) is 1. The monoisotopic (exact) mass is 284 g/mol. The van der Waals surface area contributed by atoms with Crippen molar-refractivity contribution in [3.8, 4) is 5.75 Å². The van der Waals surface area contributed by atoms with Crippen LogP contribution in [0.2, 0.25) is 0 Å². The van der Waals surface area contributed by atoms with Crippen LogP contribution in [0.25, 0.3) is 0 Å². The smallest absolute Gasteiger partial charge is 0.257 e. The van der Waals surface area contributed by atoms with Gasteiger partial charge in [0.05, 0.1) is 6.61 Å². The molecule has 0 fully saturated rings. The Labute approximate surface area is 115 Å². The third kappa shape index (κ3) is 3.72. The molecule has 0 aliphatic rings. The number of benzene rings is 1. The van der Waals surface area contributed by atoms with Crippen molar-refractivity contribution >= 4 is 34.8 Å². The van der Waals surface area contributed by atoms with E-state index in [0.29, 0.717) is 17.3 Å². The van der Waals surface area contributed by atoms with Gasteiger partial charge < -0.3 is 4.74 Å². The molecule has 0 aliphatic heterocycles. The number of amides is 1. The number of halogens is 1. The van der Waals surface area contributed by atoms with Gasteiger partial charge in [-0.15, -0.1) is 23.7 Å². The lowest BCUT2D eigenvalue weighted by Crippen LogP contribution is -2.11. The molecular weight excluding hydrogens is 272 g/mol. The molecule has 1 heterocycles. The zero-order valence-corrected chi connectivity index (χ0v) is 11.4. The van der Waals surface area contributed by atoms with Gasteiger partial charge in [-0.25, -0.2) is 4.98 Å². The second kappa shape index (κ2) is 6.98. The summed E-state index contributed by atoms with van der Waals surface area (Å²) < 4.78 is 5.30. The quantitative estimate of drug-likeness (QED) is 0.938. The lowest BCUT2D eigenvalue weighted by molar-refractivity contribution is 0.102. The molecule has 0 spiro atoms. The Hall–Kier alpha value is -1.59. The van der Waals surface area contributed by atoms with E-state index in [1.807, 2.05) is 12.3 Å². The molecule has 2 rings (SSSR count). The predicted molar refractivity (Wildman–Crippen MR) is 74.9 cm³/mol. The first-order valence-corrected chi connectivity index (χ1v) is 6.11. The maximum absolute atomic E-state index is 11.8. The molecular formula is C12H13ClN2O2S. The standard InChI is InChI=1S/C12H12N2O2S.ClH/c1-2-16-10-5-3-9(4-6-10)11(15)14-12-13-7-8-17-12;/h3-8H,2H2,1H3,(H,13,14,15);1H. The summed E-state index contributed by atoms with van der Waals surface area (Å²) in [5.74, 6) is 0.598. The predicted octanol–water partition coefficient (Wildman–Crippen LogP) is 3.22. The summed E-state index contributed by atoms with van der Waals surface area (Å²) in [4.78, 5) is 15.8. The number of anilines is 1. The van der Waals surface area contributed by atoms with Gasteiger partial charge in [0.2, 0.25) is 0 Å². The van der Waals surface area contributed by atoms with Gasteiger partial charge >= 0.3 is 0 Å². The molecule has 0 atom stereocenters. The molecule has 0 saturated carbocycles. The molecule has 0 aliphatic carbocycles. The fourth-order valence-electron chi connectivity index (χ4n) is 1.32. The Bertz CT molecular complexity index is 485. The summed E-state index contributed by atoms with van der Waals surface area (Å²) in [6, 6.07) is 7.02. The first-order chi connectivity index (χ1) is 8.29. The molecule has 2 aromatic rings. The fourth-order valence-corrected chi connectivity index (χ4v) is 1.85. The molecule has 1 amide bonds. The van der Waals surface area contributed by atoms with Gasteiger partial charge in [0.15, 0.2) is 5.13 Å². The molecule has 18 heavy (non-hydrogen) atoms. The van der Waals surface area contributed by atoms with Crippen LogP contribution >= 0.6 is 23.7 Å². The van der Waals surface area contributed by atoms with Crippen LogP contribution in [0.3, 0.4) is 0 Å². The number of carbonyl (C=O) groups excluding carboxylic acids is 1. The first kappa shape index (κ1) is 14.5. The highest BCUT2D eigenvalue weighted by molar-refractivity contribution is 7.13. The molecule has 96 valence electrons. The first-order valence-electron chi connectivity index (χ1n) is 5.23. The molecule has 1 aromatic carbocycles. The minimum atomic E-state index is -0.164. The van der Waals surface area contributed by atoms with Crippen LogP contribution in [-0.4, -0.2) is 17.5 Å². The summed E-state index contributed by atoms with van der Waals surface area (Å²) in [5, 5.41) is 5.13. The number of hydrogen-bond acceptors (Lipinski definition) is 4. The minimum absolute atomic E-state index is 0. The summed E-state index contributed by atoms with van der Waals surface area (Å²) >= 11 is 1.39. The van der Waals surface area contributed by atoms with Crippen LogP contribution in [0.15, 0.2) is 35.8 Å². The van der Waals surface area contributed by atoms with E-state index in [4.69, 9.17) is 4.74 Å². The van der Waals surface area contributed by atoms with Crippen molar-refractivity contribution in [3.05, 3.63) is 41.4 Å². The Balaban J connectivity index is 0.00000162. The number of nitrogens with zero attached hydrogens (tertiary/aromatic N) is 1. The molecule has 6 heteroatoms. The highest BCUT2D eigenvalue weighted by atomic mass is 35.5. The number of hydrogen-bond donors (Lipinski definition) is 1. The van der Waals surface area contributed by atoms with E-state index >= 15 is 0 Å². The summed E-state index contributed by atoms with van der Waals surface area (Å²) in [6.45, 7) is 2.54. The van der Waals surface area contributed by atoms with E-state index in [9.17, 15) is 4.79 Å². The maximum atomic E-state index is 11.8. The average Bonchev–Trinajstić information content (AvgIpc) is 2.83. The van der Waals surface area contributed by atoms with Gasteiger partial charge in [-0.2, -0.15) is 0 Å². The third-order valence-electron chi connectivity index (χ3n) is 2.08. The largest absolute Gasteiger partial charge is 0.494 e. The molecule has 0 saturated heterocycles. The van der Waals surface area contributed by atoms with Crippen molar-refractivity contribution in [2.24, 2.45) is 0 Å². The Morgan fingerprint density at radius 3 is 2.67 bits per heavy atom. The number of ether oxygens (including phenoxy) is 1. The minimum Gasteiger partial charge on any atom is -0.494 e. The Morgan fingerprint density at radius 1 is 1.39 bits per heavy atom. The van der Waals surface area contributed by atoms with Gasteiger partial charge in [0, 0.05) is 17.1 Å². The second-order valence-corrected chi connectivity index (χ2v) is 4.14. The van der Waals surface area contributed by atoms with E-state index in [0.717, 1.165) is 5.75 Å². The van der Waals surface area contributed by atoms with Crippen LogP contribution in [-0.2, 0) is 0 Å². The fraction of sp³-hybridized carbons (Fsp3) is 0.167. The van der Waals surface area contributed by atoms with Crippen LogP contribution in [0.1, 0.15) is 17.3 Å². The van der Waals surface area contributed by atoms with E-state index in [1.165, 1.54) is 11.3 Å². The SMILES string of the molecule is CCOc1ccc(C(=O)Nc2nccs2)cc1.Cl. The second-order valence-electron chi connectivity index (χ2n) is 3.25. The zero-order valence-electron chi connectivity index (χ0n) is 9.75. The summed E-state index contributed by atoms with van der Waals surface area (Å²) in [5.41, 5.74) is 0.587. The summed E-state index contributed by atoms with van der Waals surface area (Å²) in [7, 11) is 0. The average molecular weight is 285 g/mol. The molecule has 0 unspecified atom stereocenters. The number of rotatable bonds is 4. The highest BCUT2D eigenvalue weighted by Gasteiger charge is 2.07. The lowest BCUT2D eigenvalue weighted by Gasteiger charge is -2.04. The van der Waals surface area contributed by atoms with Gasteiger partial charge in [0.1, 0.15) is 5.75 Å². The summed E-state index contributed by atoms with van der Waals surface area (Å²) in [6.07, 6.45) is 1.65. The van der Waals surface area contributed by atoms with Gasteiger partial charge in [-0.1, -0.05) is 0 Å². The molecule has 4 nitrogen and oxygen atoms in total. The molecule has 1 aromatic heterocycles.